The Morgan fingerprint density at radius 3 is 2.63 bits per heavy atom. The SMILES string of the molecule is CCOC(C(=O)Cc1sccc1Br)c1ccccc1. The van der Waals surface area contributed by atoms with Crippen LogP contribution in [0.3, 0.4) is 0 Å². The Bertz CT molecular complexity index is 536. The van der Waals surface area contributed by atoms with E-state index in [1.54, 1.807) is 11.3 Å². The third-order valence-corrected chi connectivity index (χ3v) is 4.68. The predicted molar refractivity (Wildman–Crippen MR) is 81.5 cm³/mol. The third kappa shape index (κ3) is 3.75. The Kier molecular flexibility index (Phi) is 5.31. The van der Waals surface area contributed by atoms with E-state index in [9.17, 15) is 4.79 Å². The summed E-state index contributed by atoms with van der Waals surface area (Å²) in [6.07, 6.45) is -0.0714. The van der Waals surface area contributed by atoms with Gasteiger partial charge in [0.25, 0.3) is 0 Å². The van der Waals surface area contributed by atoms with Gasteiger partial charge in [-0.3, -0.25) is 4.79 Å². The maximum absolute atomic E-state index is 12.4. The number of thiophene rings is 1. The van der Waals surface area contributed by atoms with Gasteiger partial charge in [-0.25, -0.2) is 0 Å². The van der Waals surface area contributed by atoms with E-state index < -0.39 is 6.10 Å². The summed E-state index contributed by atoms with van der Waals surface area (Å²) in [5, 5.41) is 1.98. The lowest BCUT2D eigenvalue weighted by molar-refractivity contribution is -0.130. The van der Waals surface area contributed by atoms with Crippen LogP contribution in [0.4, 0.5) is 0 Å². The largest absolute Gasteiger partial charge is 0.366 e. The van der Waals surface area contributed by atoms with Crippen LogP contribution >= 0.6 is 27.3 Å². The molecule has 1 aromatic heterocycles. The number of hydrogen-bond donors (Lipinski definition) is 0. The molecule has 0 N–H and O–H groups in total. The van der Waals surface area contributed by atoms with E-state index in [2.05, 4.69) is 15.9 Å². The van der Waals surface area contributed by atoms with Crippen molar-refractivity contribution in [2.24, 2.45) is 0 Å². The molecule has 19 heavy (non-hydrogen) atoms. The van der Waals surface area contributed by atoms with Crippen molar-refractivity contribution in [3.63, 3.8) is 0 Å². The van der Waals surface area contributed by atoms with Gasteiger partial charge in [-0.2, -0.15) is 0 Å². The molecular weight excluding hydrogens is 324 g/mol. The minimum absolute atomic E-state index is 0.0937. The lowest BCUT2D eigenvalue weighted by Crippen LogP contribution is -2.18. The van der Waals surface area contributed by atoms with E-state index in [1.807, 2.05) is 48.7 Å². The van der Waals surface area contributed by atoms with Crippen LogP contribution in [0, 0.1) is 0 Å². The first kappa shape index (κ1) is 14.4. The molecule has 0 saturated carbocycles. The van der Waals surface area contributed by atoms with Crippen LogP contribution in [0.5, 0.6) is 0 Å². The second kappa shape index (κ2) is 6.98. The Balaban J connectivity index is 2.15. The van der Waals surface area contributed by atoms with Crippen molar-refractivity contribution in [1.82, 2.24) is 0 Å². The molecule has 0 radical (unpaired) electrons. The molecule has 2 rings (SSSR count). The van der Waals surface area contributed by atoms with Gasteiger partial charge in [-0.1, -0.05) is 30.3 Å². The number of carbonyl (C=O) groups is 1. The Morgan fingerprint density at radius 2 is 2.05 bits per heavy atom. The van der Waals surface area contributed by atoms with Crippen LogP contribution in [0.15, 0.2) is 46.3 Å². The fourth-order valence-electron chi connectivity index (χ4n) is 1.87. The van der Waals surface area contributed by atoms with Crippen LogP contribution in [-0.2, 0) is 16.0 Å². The van der Waals surface area contributed by atoms with Gasteiger partial charge in [-0.15, -0.1) is 11.3 Å². The number of ketones is 1. The summed E-state index contributed by atoms with van der Waals surface area (Å²) in [6, 6.07) is 11.6. The summed E-state index contributed by atoms with van der Waals surface area (Å²) in [6.45, 7) is 2.43. The number of halogens is 1. The Morgan fingerprint density at radius 1 is 1.32 bits per heavy atom. The molecular formula is C15H15BrO2S. The first-order valence-electron chi connectivity index (χ1n) is 6.13. The summed E-state index contributed by atoms with van der Waals surface area (Å²) in [5.74, 6) is 0.0937. The van der Waals surface area contributed by atoms with Crippen LogP contribution < -0.4 is 0 Å². The first-order chi connectivity index (χ1) is 9.22. The molecule has 2 nitrogen and oxygen atoms in total. The highest BCUT2D eigenvalue weighted by atomic mass is 79.9. The van der Waals surface area contributed by atoms with Gasteiger partial charge in [0, 0.05) is 22.4 Å². The lowest BCUT2D eigenvalue weighted by Gasteiger charge is -2.16. The standard InChI is InChI=1S/C15H15BrO2S/c1-2-18-15(11-6-4-3-5-7-11)13(17)10-14-12(16)8-9-19-14/h3-9,15H,2,10H2,1H3. The summed E-state index contributed by atoms with van der Waals surface area (Å²) < 4.78 is 6.61. The maximum Gasteiger partial charge on any atom is 0.171 e. The number of carbonyl (C=O) groups excluding carboxylic acids is 1. The second-order valence-corrected chi connectivity index (χ2v) is 5.94. The van der Waals surface area contributed by atoms with E-state index in [0.717, 1.165) is 14.9 Å². The van der Waals surface area contributed by atoms with Crippen LogP contribution in [0.2, 0.25) is 0 Å². The fourth-order valence-corrected chi connectivity index (χ4v) is 3.37. The van der Waals surface area contributed by atoms with Crippen molar-refractivity contribution in [3.05, 3.63) is 56.7 Å². The van der Waals surface area contributed by atoms with E-state index in [0.29, 0.717) is 13.0 Å². The summed E-state index contributed by atoms with van der Waals surface area (Å²) in [5.41, 5.74) is 0.919. The topological polar surface area (TPSA) is 26.3 Å². The van der Waals surface area contributed by atoms with Gasteiger partial charge in [0.05, 0.1) is 0 Å². The molecule has 1 aromatic carbocycles. The number of ether oxygens (including phenoxy) is 1. The minimum atomic E-state index is -0.472. The minimum Gasteiger partial charge on any atom is -0.366 e. The van der Waals surface area contributed by atoms with Gasteiger partial charge >= 0.3 is 0 Å². The summed E-state index contributed by atoms with van der Waals surface area (Å²) in [4.78, 5) is 13.5. The first-order valence-corrected chi connectivity index (χ1v) is 7.80. The zero-order valence-corrected chi connectivity index (χ0v) is 13.0. The Hall–Kier alpha value is -0.970. The molecule has 0 aliphatic heterocycles. The average molecular weight is 339 g/mol. The van der Waals surface area contributed by atoms with E-state index in [-0.39, 0.29) is 5.78 Å². The van der Waals surface area contributed by atoms with E-state index in [4.69, 9.17) is 4.74 Å². The van der Waals surface area contributed by atoms with Crippen molar-refractivity contribution < 1.29 is 9.53 Å². The highest BCUT2D eigenvalue weighted by Gasteiger charge is 2.21. The molecule has 0 saturated heterocycles. The molecule has 0 spiro atoms. The number of rotatable bonds is 6. The lowest BCUT2D eigenvalue weighted by atomic mass is 10.0. The third-order valence-electron chi connectivity index (χ3n) is 2.75. The fraction of sp³-hybridized carbons (Fsp3) is 0.267. The predicted octanol–water partition coefficient (Wildman–Crippen LogP) is 4.40. The molecule has 0 aliphatic rings. The molecule has 0 amide bonds. The van der Waals surface area contributed by atoms with Crippen molar-refractivity contribution in [2.75, 3.05) is 6.61 Å². The number of Topliss-reactive ketones (excluding diaryl/α,β-unsaturated/α-hetero) is 1. The van der Waals surface area contributed by atoms with Gasteiger partial charge < -0.3 is 4.74 Å². The molecule has 1 unspecified atom stereocenters. The highest BCUT2D eigenvalue weighted by molar-refractivity contribution is 9.10. The average Bonchev–Trinajstić information content (AvgIpc) is 2.82. The van der Waals surface area contributed by atoms with Crippen molar-refractivity contribution in [3.8, 4) is 0 Å². The van der Waals surface area contributed by atoms with Crippen molar-refractivity contribution >= 4 is 33.0 Å². The number of hydrogen-bond acceptors (Lipinski definition) is 3. The van der Waals surface area contributed by atoms with Gasteiger partial charge in [0.2, 0.25) is 0 Å². The van der Waals surface area contributed by atoms with Gasteiger partial charge in [0.1, 0.15) is 6.10 Å². The smallest absolute Gasteiger partial charge is 0.171 e. The molecule has 0 bridgehead atoms. The second-order valence-electron chi connectivity index (χ2n) is 4.08. The summed E-state index contributed by atoms with van der Waals surface area (Å²) in [7, 11) is 0. The maximum atomic E-state index is 12.4. The quantitative estimate of drug-likeness (QED) is 0.780. The Labute approximate surface area is 125 Å². The molecule has 0 aliphatic carbocycles. The van der Waals surface area contributed by atoms with Gasteiger partial charge in [-0.05, 0) is 39.9 Å². The van der Waals surface area contributed by atoms with Crippen molar-refractivity contribution in [2.45, 2.75) is 19.4 Å². The van der Waals surface area contributed by atoms with Crippen LogP contribution in [-0.4, -0.2) is 12.4 Å². The summed E-state index contributed by atoms with van der Waals surface area (Å²) >= 11 is 5.04. The molecule has 4 heteroatoms. The molecule has 100 valence electrons. The zero-order chi connectivity index (χ0) is 13.7. The normalized spacial score (nSPS) is 12.3. The molecule has 0 fully saturated rings. The van der Waals surface area contributed by atoms with Crippen LogP contribution in [0.1, 0.15) is 23.5 Å². The van der Waals surface area contributed by atoms with Gasteiger partial charge in [0.15, 0.2) is 5.78 Å². The molecule has 1 heterocycles. The highest BCUT2D eigenvalue weighted by Crippen LogP contribution is 2.27. The van der Waals surface area contributed by atoms with E-state index in [1.165, 1.54) is 0 Å². The van der Waals surface area contributed by atoms with E-state index >= 15 is 0 Å². The zero-order valence-electron chi connectivity index (χ0n) is 10.6. The monoisotopic (exact) mass is 338 g/mol. The van der Waals surface area contributed by atoms with Crippen LogP contribution in [0.25, 0.3) is 0 Å². The molecule has 1 atom stereocenters. The number of benzene rings is 1. The van der Waals surface area contributed by atoms with Crippen molar-refractivity contribution in [1.29, 1.82) is 0 Å². The molecule has 2 aromatic rings.